The Labute approximate surface area is 134 Å². The second-order valence-corrected chi connectivity index (χ2v) is 6.06. The minimum Gasteiger partial charge on any atom is -0.341 e. The largest absolute Gasteiger partial charge is 0.341 e. The van der Waals surface area contributed by atoms with E-state index >= 15 is 0 Å². The van der Waals surface area contributed by atoms with Gasteiger partial charge in [0.25, 0.3) is 0 Å². The Hall–Kier alpha value is -2.69. The summed E-state index contributed by atoms with van der Waals surface area (Å²) in [5, 5.41) is 0. The summed E-state index contributed by atoms with van der Waals surface area (Å²) in [4.78, 5) is 23.1. The van der Waals surface area contributed by atoms with Gasteiger partial charge in [0.15, 0.2) is 0 Å². The number of hydrogen-bond acceptors (Lipinski definition) is 3. The van der Waals surface area contributed by atoms with E-state index in [-0.39, 0.29) is 5.91 Å². The average Bonchev–Trinajstić information content (AvgIpc) is 2.91. The summed E-state index contributed by atoms with van der Waals surface area (Å²) in [6.45, 7) is 3.54. The maximum atomic E-state index is 12.5. The normalized spacial score (nSPS) is 14.9. The first-order valence-electron chi connectivity index (χ1n) is 7.82. The van der Waals surface area contributed by atoms with Crippen molar-refractivity contribution in [3.63, 3.8) is 0 Å². The van der Waals surface area contributed by atoms with E-state index in [0.29, 0.717) is 12.3 Å². The molecule has 116 valence electrons. The Balaban J connectivity index is 1.44. The summed E-state index contributed by atoms with van der Waals surface area (Å²) < 4.78 is 2.00. The first-order chi connectivity index (χ1) is 11.2. The van der Waals surface area contributed by atoms with Crippen molar-refractivity contribution in [3.05, 3.63) is 65.9 Å². The van der Waals surface area contributed by atoms with Crippen LogP contribution in [0.15, 0.2) is 48.9 Å². The van der Waals surface area contributed by atoms with Crippen LogP contribution in [0.4, 0.5) is 0 Å². The Morgan fingerprint density at radius 2 is 2.09 bits per heavy atom. The molecule has 1 fully saturated rings. The summed E-state index contributed by atoms with van der Waals surface area (Å²) in [6.07, 6.45) is 5.96. The monoisotopic (exact) mass is 306 g/mol. The summed E-state index contributed by atoms with van der Waals surface area (Å²) in [6, 6.07) is 9.95. The first kappa shape index (κ1) is 13.9. The van der Waals surface area contributed by atoms with Crippen molar-refractivity contribution in [3.8, 4) is 0 Å². The molecule has 0 radical (unpaired) electrons. The molecule has 0 atom stereocenters. The van der Waals surface area contributed by atoms with Gasteiger partial charge in [-0.25, -0.2) is 4.98 Å². The van der Waals surface area contributed by atoms with Crippen LogP contribution in [0.25, 0.3) is 5.65 Å². The van der Waals surface area contributed by atoms with Crippen molar-refractivity contribution < 1.29 is 4.79 Å². The number of pyridine rings is 2. The van der Waals surface area contributed by atoms with E-state index in [0.717, 1.165) is 35.7 Å². The number of carbonyl (C=O) groups is 1. The Morgan fingerprint density at radius 1 is 1.22 bits per heavy atom. The minimum atomic E-state index is 0.153. The van der Waals surface area contributed by atoms with Crippen molar-refractivity contribution in [2.75, 3.05) is 13.1 Å². The molecule has 5 heteroatoms. The lowest BCUT2D eigenvalue weighted by Gasteiger charge is -2.39. The van der Waals surface area contributed by atoms with Crippen LogP contribution in [-0.4, -0.2) is 38.3 Å². The molecule has 0 unspecified atom stereocenters. The maximum Gasteiger partial charge on any atom is 0.228 e. The molecule has 3 aromatic heterocycles. The van der Waals surface area contributed by atoms with Crippen molar-refractivity contribution in [1.82, 2.24) is 19.3 Å². The van der Waals surface area contributed by atoms with Crippen molar-refractivity contribution in [1.29, 1.82) is 0 Å². The molecule has 4 rings (SSSR count). The number of likely N-dealkylation sites (tertiary alicyclic amines) is 1. The predicted octanol–water partition coefficient (Wildman–Crippen LogP) is 2.21. The van der Waals surface area contributed by atoms with Gasteiger partial charge in [-0.15, -0.1) is 0 Å². The van der Waals surface area contributed by atoms with Gasteiger partial charge in [-0.2, -0.15) is 0 Å². The number of aryl methyl sites for hydroxylation is 1. The average molecular weight is 306 g/mol. The van der Waals surface area contributed by atoms with Crippen LogP contribution >= 0.6 is 0 Å². The highest BCUT2D eigenvalue weighted by Crippen LogP contribution is 2.26. The number of carbonyl (C=O) groups excluding carboxylic acids is 1. The van der Waals surface area contributed by atoms with Crippen molar-refractivity contribution >= 4 is 11.6 Å². The molecular formula is C18H18N4O. The molecule has 0 saturated carbocycles. The van der Waals surface area contributed by atoms with Gasteiger partial charge in [0, 0.05) is 43.3 Å². The number of fused-ring (bicyclic) bond motifs is 1. The fourth-order valence-electron chi connectivity index (χ4n) is 3.09. The van der Waals surface area contributed by atoms with Crippen LogP contribution in [0, 0.1) is 6.92 Å². The number of imidazole rings is 1. The summed E-state index contributed by atoms with van der Waals surface area (Å²) in [5.74, 6) is 0.519. The van der Waals surface area contributed by atoms with Gasteiger partial charge in [-0.1, -0.05) is 12.1 Å². The molecule has 0 aliphatic carbocycles. The predicted molar refractivity (Wildman–Crippen MR) is 87.2 cm³/mol. The van der Waals surface area contributed by atoms with Crippen molar-refractivity contribution in [2.24, 2.45) is 0 Å². The molecule has 1 aliphatic rings. The number of hydrogen-bond donors (Lipinski definition) is 0. The van der Waals surface area contributed by atoms with Gasteiger partial charge >= 0.3 is 0 Å². The summed E-state index contributed by atoms with van der Waals surface area (Å²) >= 11 is 0. The molecule has 0 aromatic carbocycles. The Bertz CT molecular complexity index is 850. The lowest BCUT2D eigenvalue weighted by molar-refractivity contribution is -0.135. The summed E-state index contributed by atoms with van der Waals surface area (Å²) in [5.41, 5.74) is 4.05. The molecular weight excluding hydrogens is 288 g/mol. The van der Waals surface area contributed by atoms with E-state index in [1.165, 1.54) is 0 Å². The molecule has 1 saturated heterocycles. The third-order valence-electron chi connectivity index (χ3n) is 4.48. The zero-order valence-corrected chi connectivity index (χ0v) is 13.0. The fourth-order valence-corrected chi connectivity index (χ4v) is 3.09. The molecule has 23 heavy (non-hydrogen) atoms. The van der Waals surface area contributed by atoms with E-state index < -0.39 is 0 Å². The van der Waals surface area contributed by atoms with Gasteiger partial charge in [0.1, 0.15) is 5.65 Å². The van der Waals surface area contributed by atoms with Crippen LogP contribution in [0.3, 0.4) is 0 Å². The zero-order chi connectivity index (χ0) is 15.8. The number of aromatic nitrogens is 3. The van der Waals surface area contributed by atoms with Gasteiger partial charge < -0.3 is 9.30 Å². The van der Waals surface area contributed by atoms with E-state index in [2.05, 4.69) is 9.97 Å². The Kier molecular flexibility index (Phi) is 3.33. The van der Waals surface area contributed by atoms with Gasteiger partial charge in [-0.05, 0) is 30.7 Å². The fraction of sp³-hybridized carbons (Fsp3) is 0.278. The number of amides is 1. The topological polar surface area (TPSA) is 50.5 Å². The van der Waals surface area contributed by atoms with Gasteiger partial charge in [0.2, 0.25) is 5.91 Å². The van der Waals surface area contributed by atoms with Gasteiger partial charge in [-0.3, -0.25) is 9.78 Å². The molecule has 0 bridgehead atoms. The molecule has 0 spiro atoms. The first-order valence-corrected chi connectivity index (χ1v) is 7.82. The van der Waals surface area contributed by atoms with Crippen LogP contribution in [0.5, 0.6) is 0 Å². The SMILES string of the molecule is Cc1cccn2c(CC(=O)N3CC(c4ccccn4)C3)cnc12. The molecule has 0 N–H and O–H groups in total. The maximum absolute atomic E-state index is 12.5. The number of nitrogens with zero attached hydrogens (tertiary/aromatic N) is 4. The minimum absolute atomic E-state index is 0.153. The molecule has 1 aliphatic heterocycles. The van der Waals surface area contributed by atoms with Crippen LogP contribution in [-0.2, 0) is 11.2 Å². The highest BCUT2D eigenvalue weighted by molar-refractivity contribution is 5.79. The zero-order valence-electron chi connectivity index (χ0n) is 13.0. The van der Waals surface area contributed by atoms with E-state index in [1.54, 1.807) is 12.4 Å². The van der Waals surface area contributed by atoms with Crippen molar-refractivity contribution in [2.45, 2.75) is 19.3 Å². The molecule has 1 amide bonds. The molecule has 5 nitrogen and oxygen atoms in total. The highest BCUT2D eigenvalue weighted by Gasteiger charge is 2.32. The third kappa shape index (κ3) is 2.48. The highest BCUT2D eigenvalue weighted by atomic mass is 16.2. The molecule has 3 aromatic rings. The van der Waals surface area contributed by atoms with E-state index in [9.17, 15) is 4.79 Å². The molecule has 4 heterocycles. The van der Waals surface area contributed by atoms with Crippen LogP contribution < -0.4 is 0 Å². The lowest BCUT2D eigenvalue weighted by atomic mass is 9.95. The van der Waals surface area contributed by atoms with E-state index in [4.69, 9.17) is 0 Å². The van der Waals surface area contributed by atoms with E-state index in [1.807, 2.05) is 52.8 Å². The van der Waals surface area contributed by atoms with Crippen LogP contribution in [0.1, 0.15) is 22.9 Å². The number of rotatable bonds is 3. The lowest BCUT2D eigenvalue weighted by Crippen LogP contribution is -2.49. The smallest absolute Gasteiger partial charge is 0.228 e. The van der Waals surface area contributed by atoms with Crippen LogP contribution in [0.2, 0.25) is 0 Å². The second-order valence-electron chi connectivity index (χ2n) is 6.06. The van der Waals surface area contributed by atoms with Gasteiger partial charge in [0.05, 0.1) is 12.1 Å². The standard InChI is InChI=1S/C18H18N4O/c1-13-5-4-8-22-15(10-20-18(13)22)9-17(23)21-11-14(12-21)16-6-2-3-7-19-16/h2-8,10,14H,9,11-12H2,1H3. The summed E-state index contributed by atoms with van der Waals surface area (Å²) in [7, 11) is 0. The Morgan fingerprint density at radius 3 is 2.87 bits per heavy atom. The third-order valence-corrected chi connectivity index (χ3v) is 4.48. The second kappa shape index (κ2) is 5.50. The quantitative estimate of drug-likeness (QED) is 0.745.